The van der Waals surface area contributed by atoms with Gasteiger partial charge in [-0.1, -0.05) is 36.4 Å². The second-order valence-corrected chi connectivity index (χ2v) is 7.40. The van der Waals surface area contributed by atoms with Crippen molar-refractivity contribution < 1.29 is 14.6 Å². The van der Waals surface area contributed by atoms with E-state index < -0.39 is 5.60 Å². The lowest BCUT2D eigenvalue weighted by Gasteiger charge is -2.52. The molecule has 3 saturated heterocycles. The number of hydrogen-bond donors (Lipinski definition) is 1. The quantitative estimate of drug-likeness (QED) is 0.894. The van der Waals surface area contributed by atoms with E-state index in [2.05, 4.69) is 4.90 Å². The fourth-order valence-corrected chi connectivity index (χ4v) is 4.82. The lowest BCUT2D eigenvalue weighted by Crippen LogP contribution is -2.58. The van der Waals surface area contributed by atoms with Crippen LogP contribution in [-0.2, 0) is 5.60 Å². The van der Waals surface area contributed by atoms with Crippen LogP contribution in [0.4, 0.5) is 0 Å². The zero-order valence-electron chi connectivity index (χ0n) is 15.5. The smallest absolute Gasteiger partial charge is 0.137 e. The molecular formula is C22H27NO3. The number of para-hydroxylation sites is 2. The molecule has 0 spiro atoms. The van der Waals surface area contributed by atoms with Crippen molar-refractivity contribution >= 4 is 0 Å². The van der Waals surface area contributed by atoms with E-state index >= 15 is 0 Å². The van der Waals surface area contributed by atoms with Crippen molar-refractivity contribution in [3.8, 4) is 11.5 Å². The second kappa shape index (κ2) is 6.93. The van der Waals surface area contributed by atoms with Gasteiger partial charge in [-0.05, 0) is 50.4 Å². The Kier molecular flexibility index (Phi) is 4.63. The third-order valence-electron chi connectivity index (χ3n) is 6.16. The summed E-state index contributed by atoms with van der Waals surface area (Å²) in [5, 5.41) is 12.3. The van der Waals surface area contributed by atoms with E-state index in [-0.39, 0.29) is 6.04 Å². The molecule has 0 radical (unpaired) electrons. The molecule has 0 amide bonds. The Balaban J connectivity index is 1.92. The summed E-state index contributed by atoms with van der Waals surface area (Å²) in [5.74, 6) is 2.10. The number of rotatable bonds is 5. The van der Waals surface area contributed by atoms with Gasteiger partial charge in [0.25, 0.3) is 0 Å². The van der Waals surface area contributed by atoms with E-state index in [4.69, 9.17) is 9.47 Å². The summed E-state index contributed by atoms with van der Waals surface area (Å²) in [5.41, 5.74) is 0.437. The predicted octanol–water partition coefficient (Wildman–Crippen LogP) is 3.42. The van der Waals surface area contributed by atoms with Crippen LogP contribution in [0.2, 0.25) is 0 Å². The van der Waals surface area contributed by atoms with E-state index in [1.54, 1.807) is 14.2 Å². The summed E-state index contributed by atoms with van der Waals surface area (Å²) < 4.78 is 11.3. The highest BCUT2D eigenvalue weighted by Gasteiger charge is 2.50. The molecule has 3 aliphatic heterocycles. The zero-order chi connectivity index (χ0) is 18.1. The zero-order valence-corrected chi connectivity index (χ0v) is 15.5. The third kappa shape index (κ3) is 2.68. The largest absolute Gasteiger partial charge is 0.496 e. The third-order valence-corrected chi connectivity index (χ3v) is 6.16. The van der Waals surface area contributed by atoms with Gasteiger partial charge in [0.1, 0.15) is 17.1 Å². The van der Waals surface area contributed by atoms with Gasteiger partial charge in [-0.15, -0.1) is 0 Å². The first kappa shape index (κ1) is 17.4. The SMILES string of the molecule is COc1ccccc1C(O)(c1ccccc1OC)C1CC2CCN1CC2. The summed E-state index contributed by atoms with van der Waals surface area (Å²) in [6.07, 6.45) is 3.45. The number of aliphatic hydroxyl groups is 1. The van der Waals surface area contributed by atoms with Crippen LogP contribution < -0.4 is 9.47 Å². The van der Waals surface area contributed by atoms with Gasteiger partial charge in [0, 0.05) is 17.2 Å². The fourth-order valence-electron chi connectivity index (χ4n) is 4.82. The maximum atomic E-state index is 12.3. The highest BCUT2D eigenvalue weighted by atomic mass is 16.5. The fraction of sp³-hybridized carbons (Fsp3) is 0.455. The lowest BCUT2D eigenvalue weighted by molar-refractivity contribution is -0.0763. The molecule has 4 heteroatoms. The molecule has 3 fully saturated rings. The van der Waals surface area contributed by atoms with Crippen molar-refractivity contribution in [1.82, 2.24) is 4.90 Å². The van der Waals surface area contributed by atoms with E-state index in [1.807, 2.05) is 48.5 Å². The standard InChI is InChI=1S/C22H27NO3/c1-25-19-9-5-3-7-17(19)22(24,18-8-4-6-10-20(18)26-2)21-15-16-11-13-23(21)14-12-16/h3-10,16,21,24H,11-15H2,1-2H3. The number of piperidine rings is 3. The molecule has 1 unspecified atom stereocenters. The number of nitrogens with zero attached hydrogens (tertiary/aromatic N) is 1. The Hall–Kier alpha value is -2.04. The van der Waals surface area contributed by atoms with Crippen LogP contribution in [0.1, 0.15) is 30.4 Å². The number of fused-ring (bicyclic) bond motifs is 3. The molecule has 0 aliphatic carbocycles. The minimum atomic E-state index is -1.18. The van der Waals surface area contributed by atoms with Gasteiger partial charge >= 0.3 is 0 Å². The van der Waals surface area contributed by atoms with Crippen molar-refractivity contribution in [3.63, 3.8) is 0 Å². The van der Waals surface area contributed by atoms with Gasteiger partial charge in [0.15, 0.2) is 0 Å². The van der Waals surface area contributed by atoms with Gasteiger partial charge < -0.3 is 14.6 Å². The van der Waals surface area contributed by atoms with Crippen LogP contribution >= 0.6 is 0 Å². The molecule has 5 rings (SSSR count). The molecule has 2 bridgehead atoms. The molecule has 2 aromatic carbocycles. The van der Waals surface area contributed by atoms with E-state index in [9.17, 15) is 5.11 Å². The minimum absolute atomic E-state index is 0.0163. The highest BCUT2D eigenvalue weighted by Crippen LogP contribution is 2.48. The molecule has 26 heavy (non-hydrogen) atoms. The highest BCUT2D eigenvalue weighted by molar-refractivity contribution is 5.51. The predicted molar refractivity (Wildman–Crippen MR) is 102 cm³/mol. The molecular weight excluding hydrogens is 326 g/mol. The average Bonchev–Trinajstić information content (AvgIpc) is 2.74. The number of hydrogen-bond acceptors (Lipinski definition) is 4. The van der Waals surface area contributed by atoms with Crippen molar-refractivity contribution in [2.24, 2.45) is 5.92 Å². The number of methoxy groups -OCH3 is 2. The summed E-state index contributed by atoms with van der Waals surface area (Å²) in [6, 6.07) is 15.6. The molecule has 0 saturated carbocycles. The van der Waals surface area contributed by atoms with E-state index in [0.717, 1.165) is 30.6 Å². The lowest BCUT2D eigenvalue weighted by atomic mass is 9.70. The summed E-state index contributed by atoms with van der Waals surface area (Å²) >= 11 is 0. The first-order valence-electron chi connectivity index (χ1n) is 9.42. The van der Waals surface area contributed by atoms with Crippen LogP contribution in [0.25, 0.3) is 0 Å². The minimum Gasteiger partial charge on any atom is -0.496 e. The van der Waals surface area contributed by atoms with Crippen LogP contribution in [0.5, 0.6) is 11.5 Å². The second-order valence-electron chi connectivity index (χ2n) is 7.40. The Labute approximate surface area is 155 Å². The molecule has 138 valence electrons. The van der Waals surface area contributed by atoms with Gasteiger partial charge in [-0.25, -0.2) is 0 Å². The Morgan fingerprint density at radius 1 is 0.885 bits per heavy atom. The monoisotopic (exact) mass is 353 g/mol. The van der Waals surface area contributed by atoms with Crippen molar-refractivity contribution in [2.75, 3.05) is 27.3 Å². The Morgan fingerprint density at radius 2 is 1.38 bits per heavy atom. The van der Waals surface area contributed by atoms with Gasteiger partial charge in [-0.2, -0.15) is 0 Å². The summed E-state index contributed by atoms with van der Waals surface area (Å²) in [7, 11) is 3.32. The van der Waals surface area contributed by atoms with Crippen LogP contribution in [0, 0.1) is 5.92 Å². The van der Waals surface area contributed by atoms with Crippen molar-refractivity contribution in [1.29, 1.82) is 0 Å². The Bertz CT molecular complexity index is 720. The van der Waals surface area contributed by atoms with Crippen LogP contribution in [-0.4, -0.2) is 43.4 Å². The van der Waals surface area contributed by atoms with Crippen molar-refractivity contribution in [3.05, 3.63) is 59.7 Å². The maximum Gasteiger partial charge on any atom is 0.137 e. The van der Waals surface area contributed by atoms with E-state index in [0.29, 0.717) is 17.4 Å². The molecule has 3 aliphatic rings. The first-order valence-corrected chi connectivity index (χ1v) is 9.42. The van der Waals surface area contributed by atoms with Crippen LogP contribution in [0.15, 0.2) is 48.5 Å². The Morgan fingerprint density at radius 3 is 1.81 bits per heavy atom. The van der Waals surface area contributed by atoms with Crippen molar-refractivity contribution in [2.45, 2.75) is 30.9 Å². The number of benzene rings is 2. The average molecular weight is 353 g/mol. The maximum absolute atomic E-state index is 12.3. The summed E-state index contributed by atoms with van der Waals surface area (Å²) in [6.45, 7) is 2.09. The van der Waals surface area contributed by atoms with E-state index in [1.165, 1.54) is 12.8 Å². The molecule has 0 aromatic heterocycles. The van der Waals surface area contributed by atoms with Gasteiger partial charge in [0.2, 0.25) is 0 Å². The van der Waals surface area contributed by atoms with Gasteiger partial charge in [-0.3, -0.25) is 4.90 Å². The normalized spacial score (nSPS) is 25.1. The molecule has 2 aromatic rings. The van der Waals surface area contributed by atoms with Crippen LogP contribution in [0.3, 0.4) is 0 Å². The van der Waals surface area contributed by atoms with Gasteiger partial charge in [0.05, 0.1) is 14.2 Å². The topological polar surface area (TPSA) is 41.9 Å². The first-order chi connectivity index (χ1) is 12.7. The molecule has 4 nitrogen and oxygen atoms in total. The number of ether oxygens (including phenoxy) is 2. The molecule has 3 heterocycles. The molecule has 1 N–H and O–H groups in total. The molecule has 1 atom stereocenters. The summed E-state index contributed by atoms with van der Waals surface area (Å²) in [4.78, 5) is 2.44.